The van der Waals surface area contributed by atoms with Gasteiger partial charge in [-0.1, -0.05) is 47.5 Å². The van der Waals surface area contributed by atoms with Crippen LogP contribution in [0.15, 0.2) is 78.9 Å². The number of anilines is 1. The van der Waals surface area contributed by atoms with E-state index in [4.69, 9.17) is 42.5 Å². The average Bonchev–Trinajstić information content (AvgIpc) is 2.90. The highest BCUT2D eigenvalue weighted by Gasteiger charge is 2.27. The van der Waals surface area contributed by atoms with E-state index < -0.39 is 12.3 Å². The predicted molar refractivity (Wildman–Crippen MR) is 143 cm³/mol. The Bertz CT molecular complexity index is 1510. The second-order valence-corrected chi connectivity index (χ2v) is 9.11. The number of fused-ring (bicyclic) bond motifs is 1. The van der Waals surface area contributed by atoms with Crippen LogP contribution in [0.25, 0.3) is 11.3 Å². The average molecular weight is 551 g/mol. The zero-order chi connectivity index (χ0) is 26.6. The summed E-state index contributed by atoms with van der Waals surface area (Å²) in [6, 6.07) is 22.3. The lowest BCUT2D eigenvalue weighted by atomic mass is 10.0. The lowest BCUT2D eigenvalue weighted by molar-refractivity contribution is 0.0326. The lowest BCUT2D eigenvalue weighted by Gasteiger charge is -2.25. The number of carboxylic acid groups (broad SMARTS) is 1. The van der Waals surface area contributed by atoms with Crippen molar-refractivity contribution in [3.8, 4) is 28.5 Å². The van der Waals surface area contributed by atoms with Gasteiger partial charge in [-0.05, 0) is 48.5 Å². The molecular weight excluding hydrogens is 531 g/mol. The number of hydrogen-bond donors (Lipinski definition) is 2. The van der Waals surface area contributed by atoms with Crippen molar-refractivity contribution in [2.75, 3.05) is 11.9 Å². The van der Waals surface area contributed by atoms with Crippen molar-refractivity contribution in [1.82, 2.24) is 4.98 Å². The molecule has 0 saturated heterocycles. The van der Waals surface area contributed by atoms with Gasteiger partial charge >= 0.3 is 6.16 Å². The minimum atomic E-state index is -1.37. The van der Waals surface area contributed by atoms with Gasteiger partial charge in [-0.25, -0.2) is 9.78 Å². The monoisotopic (exact) mass is 550 g/mol. The Morgan fingerprint density at radius 1 is 0.974 bits per heavy atom. The molecule has 0 saturated carbocycles. The number of halogens is 2. The number of rotatable bonds is 6. The van der Waals surface area contributed by atoms with E-state index in [0.717, 1.165) is 5.56 Å². The highest BCUT2D eigenvalue weighted by molar-refractivity contribution is 6.33. The van der Waals surface area contributed by atoms with E-state index in [-0.39, 0.29) is 10.9 Å². The lowest BCUT2D eigenvalue weighted by Crippen LogP contribution is -2.18. The predicted octanol–water partition coefficient (Wildman–Crippen LogP) is 7.62. The van der Waals surface area contributed by atoms with Gasteiger partial charge in [0, 0.05) is 34.2 Å². The van der Waals surface area contributed by atoms with E-state index in [1.807, 2.05) is 24.3 Å². The number of nitrogens with one attached hydrogen (secondary N) is 1. The number of amides is 1. The first-order chi connectivity index (χ1) is 18.4. The highest BCUT2D eigenvalue weighted by Crippen LogP contribution is 2.42. The molecule has 3 aromatic carbocycles. The first kappa shape index (κ1) is 25.4. The number of carbonyl (C=O) groups is 2. The van der Waals surface area contributed by atoms with Gasteiger partial charge in [0.2, 0.25) is 0 Å². The third kappa shape index (κ3) is 5.66. The molecule has 10 heteroatoms. The van der Waals surface area contributed by atoms with Crippen LogP contribution in [0.2, 0.25) is 10.0 Å². The summed E-state index contributed by atoms with van der Waals surface area (Å²) in [7, 11) is 0. The Balaban J connectivity index is 1.28. The van der Waals surface area contributed by atoms with E-state index >= 15 is 0 Å². The van der Waals surface area contributed by atoms with Crippen LogP contribution >= 0.6 is 23.2 Å². The summed E-state index contributed by atoms with van der Waals surface area (Å²) < 4.78 is 16.5. The summed E-state index contributed by atoms with van der Waals surface area (Å²) in [6.07, 6.45) is -1.65. The Morgan fingerprint density at radius 3 is 2.53 bits per heavy atom. The normalized spacial score (nSPS) is 14.1. The second-order valence-electron chi connectivity index (χ2n) is 8.30. The van der Waals surface area contributed by atoms with E-state index in [2.05, 4.69) is 10.3 Å². The maximum atomic E-state index is 12.8. The van der Waals surface area contributed by atoms with Gasteiger partial charge in [-0.15, -0.1) is 0 Å². The van der Waals surface area contributed by atoms with Crippen molar-refractivity contribution in [3.63, 3.8) is 0 Å². The van der Waals surface area contributed by atoms with Crippen LogP contribution in [0, 0.1) is 0 Å². The van der Waals surface area contributed by atoms with E-state index in [0.29, 0.717) is 57.9 Å². The fourth-order valence-electron chi connectivity index (χ4n) is 3.99. The minimum absolute atomic E-state index is 0.263. The van der Waals surface area contributed by atoms with Crippen molar-refractivity contribution in [2.24, 2.45) is 0 Å². The van der Waals surface area contributed by atoms with E-state index in [1.54, 1.807) is 54.6 Å². The van der Waals surface area contributed by atoms with Gasteiger partial charge in [-0.3, -0.25) is 4.79 Å². The van der Waals surface area contributed by atoms with Gasteiger partial charge in [0.15, 0.2) is 0 Å². The number of aromatic nitrogens is 1. The van der Waals surface area contributed by atoms with Crippen LogP contribution in [0.3, 0.4) is 0 Å². The summed E-state index contributed by atoms with van der Waals surface area (Å²) in [5.74, 6) is 1.24. The maximum Gasteiger partial charge on any atom is 0.506 e. The standard InChI is InChI=1S/C28H20Cl2N2O6/c29-20-5-2-1-4-18(20)22-6-3-7-26(31-22)32-27(33)16-8-10-17(11-9-16)37-25-15-24-19(14-21(25)30)23(12-13-36-24)38-28(34)35/h1-11,14-15,23H,12-13H2,(H,34,35)(H,31,32,33). The number of carbonyl (C=O) groups excluding carboxylic acids is 1. The molecule has 1 aliphatic heterocycles. The summed E-state index contributed by atoms with van der Waals surface area (Å²) in [5, 5.41) is 12.6. The summed E-state index contributed by atoms with van der Waals surface area (Å²) in [4.78, 5) is 28.3. The second kappa shape index (κ2) is 11.0. The molecular formula is C28H20Cl2N2O6. The smallest absolute Gasteiger partial charge is 0.493 e. The Hall–Kier alpha value is -4.27. The molecule has 0 fully saturated rings. The Labute approximate surface area is 227 Å². The maximum absolute atomic E-state index is 12.8. The largest absolute Gasteiger partial charge is 0.506 e. The van der Waals surface area contributed by atoms with Crippen molar-refractivity contribution < 1.29 is 28.9 Å². The molecule has 5 rings (SSSR count). The molecule has 1 amide bonds. The van der Waals surface area contributed by atoms with Crippen LogP contribution in [-0.4, -0.2) is 28.8 Å². The SMILES string of the molecule is O=C(O)OC1CCOc2cc(Oc3ccc(C(=O)Nc4cccc(-c5ccccc5Cl)n4)cc3)c(Cl)cc21. The zero-order valence-electron chi connectivity index (χ0n) is 19.7. The van der Waals surface area contributed by atoms with Gasteiger partial charge in [0.05, 0.1) is 17.3 Å². The number of ether oxygens (including phenoxy) is 3. The molecule has 192 valence electrons. The van der Waals surface area contributed by atoms with Crippen LogP contribution in [-0.2, 0) is 4.74 Å². The van der Waals surface area contributed by atoms with Crippen molar-refractivity contribution >= 4 is 41.1 Å². The highest BCUT2D eigenvalue weighted by atomic mass is 35.5. The van der Waals surface area contributed by atoms with E-state index in [9.17, 15) is 9.59 Å². The summed E-state index contributed by atoms with van der Waals surface area (Å²) in [5.41, 5.74) is 2.35. The molecule has 1 aromatic heterocycles. The molecule has 2 N–H and O–H groups in total. The molecule has 1 unspecified atom stereocenters. The van der Waals surface area contributed by atoms with Crippen molar-refractivity contribution in [2.45, 2.75) is 12.5 Å². The zero-order valence-corrected chi connectivity index (χ0v) is 21.2. The first-order valence-electron chi connectivity index (χ1n) is 11.5. The quantitative estimate of drug-likeness (QED) is 0.238. The van der Waals surface area contributed by atoms with Gasteiger partial charge in [-0.2, -0.15) is 0 Å². The minimum Gasteiger partial charge on any atom is -0.493 e. The molecule has 1 aliphatic rings. The first-order valence-corrected chi connectivity index (χ1v) is 12.3. The third-order valence-electron chi connectivity index (χ3n) is 5.78. The molecule has 0 bridgehead atoms. The molecule has 2 heterocycles. The molecule has 4 aromatic rings. The van der Waals surface area contributed by atoms with E-state index in [1.165, 1.54) is 0 Å². The van der Waals surface area contributed by atoms with Gasteiger partial charge in [0.25, 0.3) is 5.91 Å². The van der Waals surface area contributed by atoms with Gasteiger partial charge < -0.3 is 24.6 Å². The van der Waals surface area contributed by atoms with Crippen molar-refractivity contribution in [1.29, 1.82) is 0 Å². The van der Waals surface area contributed by atoms with Crippen LogP contribution < -0.4 is 14.8 Å². The fraction of sp³-hybridized carbons (Fsp3) is 0.107. The fourth-order valence-corrected chi connectivity index (χ4v) is 4.44. The number of nitrogens with zero attached hydrogens (tertiary/aromatic N) is 1. The van der Waals surface area contributed by atoms with Crippen LogP contribution in [0.1, 0.15) is 28.4 Å². The number of benzene rings is 3. The number of hydrogen-bond acceptors (Lipinski definition) is 6. The molecule has 1 atom stereocenters. The summed E-state index contributed by atoms with van der Waals surface area (Å²) in [6.45, 7) is 0.298. The van der Waals surface area contributed by atoms with Crippen LogP contribution in [0.5, 0.6) is 17.2 Å². The molecule has 0 radical (unpaired) electrons. The molecule has 0 spiro atoms. The molecule has 0 aliphatic carbocycles. The molecule has 38 heavy (non-hydrogen) atoms. The summed E-state index contributed by atoms with van der Waals surface area (Å²) >= 11 is 12.7. The molecule has 8 nitrogen and oxygen atoms in total. The Kier molecular flexibility index (Phi) is 7.35. The van der Waals surface area contributed by atoms with Gasteiger partial charge in [0.1, 0.15) is 29.2 Å². The topological polar surface area (TPSA) is 107 Å². The third-order valence-corrected chi connectivity index (χ3v) is 6.40. The Morgan fingerprint density at radius 2 is 1.76 bits per heavy atom. The van der Waals surface area contributed by atoms with Crippen LogP contribution in [0.4, 0.5) is 10.6 Å². The number of pyridine rings is 1. The van der Waals surface area contributed by atoms with Crippen molar-refractivity contribution in [3.05, 3.63) is 100 Å².